The largest absolute Gasteiger partial charge is 0.296 e. The van der Waals surface area contributed by atoms with Crippen LogP contribution in [0.15, 0.2) is 89.8 Å². The summed E-state index contributed by atoms with van der Waals surface area (Å²) < 4.78 is 28.8. The molecule has 0 saturated heterocycles. The summed E-state index contributed by atoms with van der Waals surface area (Å²) in [5.74, 6) is 0. The number of rotatable bonds is 10. The highest BCUT2D eigenvalue weighted by molar-refractivity contribution is 7.86. The van der Waals surface area contributed by atoms with E-state index in [-0.39, 0.29) is 4.90 Å². The zero-order chi connectivity index (χ0) is 22.1. The third kappa shape index (κ3) is 5.93. The molecule has 0 spiro atoms. The van der Waals surface area contributed by atoms with E-state index in [0.717, 1.165) is 29.5 Å². The SMILES string of the molecule is CCCCCCC(=C(c1ccccc1)c1ccccc1)c1ccc(S(=O)(=O)OC)cc1. The van der Waals surface area contributed by atoms with E-state index in [1.165, 1.54) is 37.5 Å². The van der Waals surface area contributed by atoms with E-state index >= 15 is 0 Å². The summed E-state index contributed by atoms with van der Waals surface area (Å²) in [6, 6.07) is 27.9. The van der Waals surface area contributed by atoms with Gasteiger partial charge in [-0.1, -0.05) is 99.0 Å². The van der Waals surface area contributed by atoms with E-state index in [1.807, 2.05) is 24.3 Å². The molecule has 3 nitrogen and oxygen atoms in total. The zero-order valence-corrected chi connectivity index (χ0v) is 19.1. The molecule has 0 aliphatic carbocycles. The summed E-state index contributed by atoms with van der Waals surface area (Å²) in [5.41, 5.74) is 5.78. The first-order valence-electron chi connectivity index (χ1n) is 10.8. The molecule has 0 fully saturated rings. The summed E-state index contributed by atoms with van der Waals surface area (Å²) in [5, 5.41) is 0. The first kappa shape index (κ1) is 23.0. The fourth-order valence-electron chi connectivity index (χ4n) is 3.79. The van der Waals surface area contributed by atoms with Crippen molar-refractivity contribution >= 4 is 21.3 Å². The number of hydrogen-bond donors (Lipinski definition) is 0. The van der Waals surface area contributed by atoms with Crippen LogP contribution >= 0.6 is 0 Å². The molecular weight excluding hydrogens is 404 g/mol. The normalized spacial score (nSPS) is 11.3. The van der Waals surface area contributed by atoms with E-state index in [0.29, 0.717) is 0 Å². The maximum atomic E-state index is 12.1. The molecule has 0 unspecified atom stereocenters. The lowest BCUT2D eigenvalue weighted by atomic mass is 9.87. The van der Waals surface area contributed by atoms with Gasteiger partial charge in [-0.15, -0.1) is 0 Å². The van der Waals surface area contributed by atoms with Gasteiger partial charge in [0.05, 0.1) is 12.0 Å². The fraction of sp³-hybridized carbons (Fsp3) is 0.259. The highest BCUT2D eigenvalue weighted by Gasteiger charge is 2.16. The van der Waals surface area contributed by atoms with E-state index in [1.54, 1.807) is 12.1 Å². The number of hydrogen-bond acceptors (Lipinski definition) is 3. The quantitative estimate of drug-likeness (QED) is 0.197. The predicted molar refractivity (Wildman–Crippen MR) is 128 cm³/mol. The Bertz CT molecular complexity index is 1040. The minimum absolute atomic E-state index is 0.171. The van der Waals surface area contributed by atoms with E-state index in [2.05, 4.69) is 59.6 Å². The van der Waals surface area contributed by atoms with E-state index < -0.39 is 10.1 Å². The van der Waals surface area contributed by atoms with Gasteiger partial charge in [0.15, 0.2) is 0 Å². The molecule has 0 bridgehead atoms. The topological polar surface area (TPSA) is 43.4 Å². The van der Waals surface area contributed by atoms with Crippen LogP contribution in [0.1, 0.15) is 55.7 Å². The molecule has 0 heterocycles. The molecule has 0 aromatic heterocycles. The van der Waals surface area contributed by atoms with Crippen molar-refractivity contribution in [1.82, 2.24) is 0 Å². The number of unbranched alkanes of at least 4 members (excludes halogenated alkanes) is 3. The Hall–Kier alpha value is -2.69. The summed E-state index contributed by atoms with van der Waals surface area (Å²) in [6.07, 6.45) is 5.59. The Morgan fingerprint density at radius 1 is 0.710 bits per heavy atom. The second-order valence-electron chi connectivity index (χ2n) is 7.54. The minimum atomic E-state index is -3.71. The highest BCUT2D eigenvalue weighted by atomic mass is 32.2. The lowest BCUT2D eigenvalue weighted by molar-refractivity contribution is 0.398. The minimum Gasteiger partial charge on any atom is -0.270 e. The number of benzene rings is 3. The van der Waals surface area contributed by atoms with Crippen molar-refractivity contribution in [3.05, 3.63) is 102 Å². The molecule has 0 aliphatic rings. The summed E-state index contributed by atoms with van der Waals surface area (Å²) in [7, 11) is -2.52. The molecule has 31 heavy (non-hydrogen) atoms. The van der Waals surface area contributed by atoms with Gasteiger partial charge in [0.1, 0.15) is 0 Å². The molecule has 0 aliphatic heterocycles. The molecule has 3 aromatic carbocycles. The molecule has 0 radical (unpaired) electrons. The molecule has 162 valence electrons. The van der Waals surface area contributed by atoms with Crippen LogP contribution in [-0.4, -0.2) is 15.5 Å². The van der Waals surface area contributed by atoms with Gasteiger partial charge in [-0.25, -0.2) is 0 Å². The van der Waals surface area contributed by atoms with E-state index in [9.17, 15) is 8.42 Å². The van der Waals surface area contributed by atoms with Crippen molar-refractivity contribution in [2.75, 3.05) is 7.11 Å². The zero-order valence-electron chi connectivity index (χ0n) is 18.3. The van der Waals surface area contributed by atoms with Crippen molar-refractivity contribution in [2.24, 2.45) is 0 Å². The molecule has 0 N–H and O–H groups in total. The maximum absolute atomic E-state index is 12.1. The predicted octanol–water partition coefficient (Wildman–Crippen LogP) is 6.95. The average Bonchev–Trinajstić information content (AvgIpc) is 2.82. The van der Waals surface area contributed by atoms with Gasteiger partial charge in [-0.05, 0) is 52.8 Å². The van der Waals surface area contributed by atoms with Crippen LogP contribution in [0.3, 0.4) is 0 Å². The van der Waals surface area contributed by atoms with Gasteiger partial charge in [-0.3, -0.25) is 4.18 Å². The lowest BCUT2D eigenvalue weighted by Crippen LogP contribution is -2.03. The third-order valence-corrected chi connectivity index (χ3v) is 6.71. The second kappa shape index (κ2) is 11.1. The molecule has 4 heteroatoms. The van der Waals surface area contributed by atoms with Crippen LogP contribution in [0, 0.1) is 0 Å². The van der Waals surface area contributed by atoms with Crippen molar-refractivity contribution in [3.8, 4) is 0 Å². The third-order valence-electron chi connectivity index (χ3n) is 5.42. The molecule has 0 amide bonds. The molecule has 0 saturated carbocycles. The Kier molecular flexibility index (Phi) is 8.21. The standard InChI is InChI=1S/C27H30O3S/c1-3-4-5-12-17-26(22-18-20-25(21-19-22)31(28,29)30-2)27(23-13-8-6-9-14-23)24-15-10-7-11-16-24/h6-11,13-16,18-21H,3-5,12,17H2,1-2H3. The van der Waals surface area contributed by atoms with Crippen LogP contribution in [0.25, 0.3) is 11.1 Å². The Morgan fingerprint density at radius 3 is 1.74 bits per heavy atom. The Labute approximate surface area is 186 Å². The molecular formula is C27H30O3S. The van der Waals surface area contributed by atoms with Gasteiger partial charge in [-0.2, -0.15) is 8.42 Å². The second-order valence-corrected chi connectivity index (χ2v) is 9.25. The van der Waals surface area contributed by atoms with Crippen LogP contribution < -0.4 is 0 Å². The van der Waals surface area contributed by atoms with Gasteiger partial charge in [0.25, 0.3) is 10.1 Å². The van der Waals surface area contributed by atoms with Crippen molar-refractivity contribution in [3.63, 3.8) is 0 Å². The molecule has 0 atom stereocenters. The smallest absolute Gasteiger partial charge is 0.270 e. The maximum Gasteiger partial charge on any atom is 0.296 e. The van der Waals surface area contributed by atoms with E-state index in [4.69, 9.17) is 0 Å². The lowest BCUT2D eigenvalue weighted by Gasteiger charge is -2.18. The van der Waals surface area contributed by atoms with Crippen molar-refractivity contribution in [1.29, 1.82) is 0 Å². The number of allylic oxidation sites excluding steroid dienone is 1. The van der Waals surface area contributed by atoms with Crippen LogP contribution in [0.2, 0.25) is 0 Å². The Balaban J connectivity index is 2.16. The monoisotopic (exact) mass is 434 g/mol. The van der Waals surface area contributed by atoms with Crippen LogP contribution in [-0.2, 0) is 14.3 Å². The molecule has 3 rings (SSSR count). The van der Waals surface area contributed by atoms with Gasteiger partial charge in [0, 0.05) is 0 Å². The molecule has 3 aromatic rings. The summed E-state index contributed by atoms with van der Waals surface area (Å²) >= 11 is 0. The van der Waals surface area contributed by atoms with Crippen molar-refractivity contribution < 1.29 is 12.6 Å². The highest BCUT2D eigenvalue weighted by Crippen LogP contribution is 2.36. The van der Waals surface area contributed by atoms with Crippen LogP contribution in [0.5, 0.6) is 0 Å². The Morgan fingerprint density at radius 2 is 1.26 bits per heavy atom. The summed E-state index contributed by atoms with van der Waals surface area (Å²) in [6.45, 7) is 2.21. The fourth-order valence-corrected chi connectivity index (χ4v) is 4.45. The van der Waals surface area contributed by atoms with Crippen LogP contribution in [0.4, 0.5) is 0 Å². The van der Waals surface area contributed by atoms with Crippen molar-refractivity contribution in [2.45, 2.75) is 43.9 Å². The summed E-state index contributed by atoms with van der Waals surface area (Å²) in [4.78, 5) is 0.171. The first-order chi connectivity index (χ1) is 15.1. The average molecular weight is 435 g/mol. The van der Waals surface area contributed by atoms with Gasteiger partial charge >= 0.3 is 0 Å². The van der Waals surface area contributed by atoms with Gasteiger partial charge in [0.2, 0.25) is 0 Å². The van der Waals surface area contributed by atoms with Gasteiger partial charge < -0.3 is 0 Å². The first-order valence-corrected chi connectivity index (χ1v) is 12.2.